The van der Waals surface area contributed by atoms with Crippen molar-refractivity contribution in [2.45, 2.75) is 13.2 Å². The Balaban J connectivity index is 1.60. The van der Waals surface area contributed by atoms with Gasteiger partial charge < -0.3 is 10.1 Å². The second kappa shape index (κ2) is 8.26. The minimum Gasteiger partial charge on any atom is -0.473 e. The van der Waals surface area contributed by atoms with Gasteiger partial charge in [0.1, 0.15) is 18.6 Å². The smallest absolute Gasteiger partial charge is 0.270 e. The molecule has 0 radical (unpaired) electrons. The van der Waals surface area contributed by atoms with Crippen molar-refractivity contribution in [1.82, 2.24) is 15.3 Å². The number of amides is 1. The molecule has 1 amide bonds. The van der Waals surface area contributed by atoms with Crippen LogP contribution in [-0.4, -0.2) is 15.9 Å². The van der Waals surface area contributed by atoms with Crippen LogP contribution in [0.2, 0.25) is 5.02 Å². The third-order valence-electron chi connectivity index (χ3n) is 3.50. The maximum Gasteiger partial charge on any atom is 0.270 e. The number of nitrogens with zero attached hydrogens (tertiary/aromatic N) is 2. The van der Waals surface area contributed by atoms with Crippen LogP contribution >= 0.6 is 11.6 Å². The van der Waals surface area contributed by atoms with Gasteiger partial charge in [0.2, 0.25) is 5.88 Å². The van der Waals surface area contributed by atoms with Crippen molar-refractivity contribution in [2.24, 2.45) is 0 Å². The first kappa shape index (κ1) is 16.9. The number of ether oxygens (including phenoxy) is 1. The normalized spacial score (nSPS) is 10.3. The van der Waals surface area contributed by atoms with Crippen LogP contribution in [0.25, 0.3) is 0 Å². The van der Waals surface area contributed by atoms with Gasteiger partial charge in [0, 0.05) is 17.6 Å². The van der Waals surface area contributed by atoms with Gasteiger partial charge in [-0.3, -0.25) is 4.79 Å². The minimum atomic E-state index is -0.313. The zero-order chi connectivity index (χ0) is 17.5. The third-order valence-corrected chi connectivity index (χ3v) is 3.87. The van der Waals surface area contributed by atoms with Crippen molar-refractivity contribution in [3.8, 4) is 5.88 Å². The number of hydrogen-bond donors (Lipinski definition) is 1. The number of carbonyl (C=O) groups excluding carboxylic acids is 1. The average molecular weight is 354 g/mol. The van der Waals surface area contributed by atoms with Gasteiger partial charge in [0.15, 0.2) is 0 Å². The van der Waals surface area contributed by atoms with Gasteiger partial charge in [-0.1, -0.05) is 60.1 Å². The molecule has 1 heterocycles. The molecule has 0 saturated heterocycles. The molecule has 0 unspecified atom stereocenters. The Hall–Kier alpha value is -2.92. The van der Waals surface area contributed by atoms with E-state index in [1.165, 1.54) is 12.4 Å². The van der Waals surface area contributed by atoms with Crippen molar-refractivity contribution < 1.29 is 9.53 Å². The summed E-state index contributed by atoms with van der Waals surface area (Å²) < 4.78 is 5.61. The molecule has 3 rings (SSSR count). The molecule has 0 aliphatic rings. The predicted molar refractivity (Wildman–Crippen MR) is 95.4 cm³/mol. The first-order valence-electron chi connectivity index (χ1n) is 7.73. The van der Waals surface area contributed by atoms with E-state index in [1.807, 2.05) is 48.5 Å². The van der Waals surface area contributed by atoms with E-state index in [2.05, 4.69) is 15.3 Å². The third kappa shape index (κ3) is 4.78. The lowest BCUT2D eigenvalue weighted by molar-refractivity contribution is 0.0945. The van der Waals surface area contributed by atoms with Crippen LogP contribution in [0.15, 0.2) is 67.0 Å². The van der Waals surface area contributed by atoms with Crippen molar-refractivity contribution in [1.29, 1.82) is 0 Å². The van der Waals surface area contributed by atoms with E-state index in [0.717, 1.165) is 11.1 Å². The molecule has 1 N–H and O–H groups in total. The molecule has 0 aliphatic heterocycles. The van der Waals surface area contributed by atoms with E-state index in [-0.39, 0.29) is 11.6 Å². The number of carbonyl (C=O) groups is 1. The Morgan fingerprint density at radius 2 is 1.80 bits per heavy atom. The van der Waals surface area contributed by atoms with Crippen LogP contribution in [0.4, 0.5) is 0 Å². The van der Waals surface area contributed by atoms with Crippen LogP contribution < -0.4 is 10.1 Å². The van der Waals surface area contributed by atoms with Gasteiger partial charge in [0.05, 0.1) is 0 Å². The average Bonchev–Trinajstić information content (AvgIpc) is 2.66. The van der Waals surface area contributed by atoms with Crippen molar-refractivity contribution >= 4 is 17.5 Å². The highest BCUT2D eigenvalue weighted by atomic mass is 35.5. The highest BCUT2D eigenvalue weighted by molar-refractivity contribution is 6.31. The molecule has 25 heavy (non-hydrogen) atoms. The van der Waals surface area contributed by atoms with Gasteiger partial charge in [-0.2, -0.15) is 0 Å². The summed E-state index contributed by atoms with van der Waals surface area (Å²) in [6.45, 7) is 0.696. The van der Waals surface area contributed by atoms with Crippen LogP contribution in [0.3, 0.4) is 0 Å². The summed E-state index contributed by atoms with van der Waals surface area (Å²) >= 11 is 6.08. The molecule has 0 spiro atoms. The van der Waals surface area contributed by atoms with Crippen LogP contribution in [0.5, 0.6) is 5.88 Å². The minimum absolute atomic E-state index is 0.241. The van der Waals surface area contributed by atoms with Crippen molar-refractivity contribution in [3.05, 3.63) is 88.8 Å². The number of aromatic nitrogens is 2. The van der Waals surface area contributed by atoms with Gasteiger partial charge in [-0.15, -0.1) is 0 Å². The second-order valence-electron chi connectivity index (χ2n) is 5.29. The Bertz CT molecular complexity index is 856. The van der Waals surface area contributed by atoms with Gasteiger partial charge >= 0.3 is 0 Å². The fraction of sp³-hybridized carbons (Fsp3) is 0.105. The summed E-state index contributed by atoms with van der Waals surface area (Å²) in [6.07, 6.45) is 1.31. The van der Waals surface area contributed by atoms with Crippen molar-refractivity contribution in [3.63, 3.8) is 0 Å². The Kier molecular flexibility index (Phi) is 5.59. The summed E-state index contributed by atoms with van der Waals surface area (Å²) in [5, 5.41) is 3.40. The number of benzene rings is 2. The summed E-state index contributed by atoms with van der Waals surface area (Å²) in [5.74, 6) is 0.0358. The summed E-state index contributed by atoms with van der Waals surface area (Å²) in [4.78, 5) is 20.3. The van der Waals surface area contributed by atoms with E-state index < -0.39 is 0 Å². The molecule has 0 saturated carbocycles. The molecule has 0 atom stereocenters. The number of rotatable bonds is 6. The maximum absolute atomic E-state index is 12.3. The summed E-state index contributed by atoms with van der Waals surface area (Å²) in [5.41, 5.74) is 2.10. The van der Waals surface area contributed by atoms with Crippen molar-refractivity contribution in [2.75, 3.05) is 0 Å². The van der Waals surface area contributed by atoms with E-state index in [0.29, 0.717) is 24.1 Å². The fourth-order valence-corrected chi connectivity index (χ4v) is 2.38. The number of nitrogens with one attached hydrogen (secondary N) is 1. The highest BCUT2D eigenvalue weighted by Gasteiger charge is 2.10. The number of halogens is 1. The lowest BCUT2D eigenvalue weighted by Crippen LogP contribution is -2.24. The molecule has 1 aromatic heterocycles. The SMILES string of the molecule is O=C(NCc1ccccc1Cl)c1cc(OCc2ccccc2)ncn1. The Labute approximate surface area is 150 Å². The standard InChI is InChI=1S/C19H16ClN3O2/c20-16-9-5-4-8-15(16)11-21-19(24)17-10-18(23-13-22-17)25-12-14-6-2-1-3-7-14/h1-10,13H,11-12H2,(H,21,24). The maximum atomic E-state index is 12.3. The molecule has 2 aromatic carbocycles. The van der Waals surface area contributed by atoms with Gasteiger partial charge in [-0.05, 0) is 17.2 Å². The molecule has 3 aromatic rings. The van der Waals surface area contributed by atoms with E-state index in [9.17, 15) is 4.79 Å². The first-order valence-corrected chi connectivity index (χ1v) is 8.10. The Morgan fingerprint density at radius 1 is 1.04 bits per heavy atom. The van der Waals surface area contributed by atoms with Crippen LogP contribution in [0, 0.1) is 0 Å². The molecule has 5 nitrogen and oxygen atoms in total. The molecule has 6 heteroatoms. The van der Waals surface area contributed by atoms with Gasteiger partial charge in [-0.25, -0.2) is 9.97 Å². The molecule has 0 fully saturated rings. The molecule has 126 valence electrons. The van der Waals surface area contributed by atoms with Crippen LogP contribution in [-0.2, 0) is 13.2 Å². The highest BCUT2D eigenvalue weighted by Crippen LogP contribution is 2.15. The lowest BCUT2D eigenvalue weighted by atomic mass is 10.2. The zero-order valence-corrected chi connectivity index (χ0v) is 14.1. The van der Waals surface area contributed by atoms with E-state index in [1.54, 1.807) is 6.07 Å². The monoisotopic (exact) mass is 353 g/mol. The topological polar surface area (TPSA) is 64.1 Å². The van der Waals surface area contributed by atoms with Crippen LogP contribution in [0.1, 0.15) is 21.6 Å². The first-order chi connectivity index (χ1) is 12.2. The van der Waals surface area contributed by atoms with E-state index >= 15 is 0 Å². The predicted octanol–water partition coefficient (Wildman–Crippen LogP) is 3.64. The fourth-order valence-electron chi connectivity index (χ4n) is 2.18. The summed E-state index contributed by atoms with van der Waals surface area (Å²) in [6, 6.07) is 18.6. The molecular weight excluding hydrogens is 338 g/mol. The Morgan fingerprint density at radius 3 is 2.60 bits per heavy atom. The summed E-state index contributed by atoms with van der Waals surface area (Å²) in [7, 11) is 0. The zero-order valence-electron chi connectivity index (χ0n) is 13.4. The lowest BCUT2D eigenvalue weighted by Gasteiger charge is -2.08. The second-order valence-corrected chi connectivity index (χ2v) is 5.70. The molecule has 0 aliphatic carbocycles. The van der Waals surface area contributed by atoms with Gasteiger partial charge in [0.25, 0.3) is 5.91 Å². The molecule has 0 bridgehead atoms. The largest absolute Gasteiger partial charge is 0.473 e. The van der Waals surface area contributed by atoms with E-state index in [4.69, 9.17) is 16.3 Å². The number of hydrogen-bond acceptors (Lipinski definition) is 4. The molecular formula is C19H16ClN3O2. The quantitative estimate of drug-likeness (QED) is 0.734.